The third-order valence-corrected chi connectivity index (χ3v) is 3.83. The van der Waals surface area contributed by atoms with Crippen LogP contribution in [-0.2, 0) is 4.79 Å². The summed E-state index contributed by atoms with van der Waals surface area (Å²) >= 11 is 0. The van der Waals surface area contributed by atoms with Gasteiger partial charge < -0.3 is 10.2 Å². The molecule has 0 aliphatic carbocycles. The fourth-order valence-corrected chi connectivity index (χ4v) is 2.54. The Hall–Kier alpha value is -1.91. The minimum atomic E-state index is -0.404. The Balaban J connectivity index is 2.05. The summed E-state index contributed by atoms with van der Waals surface area (Å²) in [7, 11) is 1.62. The highest BCUT2D eigenvalue weighted by Gasteiger charge is 2.27. The Bertz CT molecular complexity index is 523. The molecule has 2 amide bonds. The summed E-state index contributed by atoms with van der Waals surface area (Å²) < 4.78 is 13.3. The van der Waals surface area contributed by atoms with E-state index in [2.05, 4.69) is 5.32 Å². The molecule has 1 heterocycles. The fourth-order valence-electron chi connectivity index (χ4n) is 2.54. The van der Waals surface area contributed by atoms with Gasteiger partial charge in [0, 0.05) is 31.6 Å². The average Bonchev–Trinajstić information content (AvgIpc) is 2.48. The molecule has 0 spiro atoms. The first-order chi connectivity index (χ1) is 9.52. The maximum atomic E-state index is 13.3. The van der Waals surface area contributed by atoms with E-state index in [1.165, 1.54) is 12.1 Å². The lowest BCUT2D eigenvalue weighted by Gasteiger charge is -2.31. The van der Waals surface area contributed by atoms with Gasteiger partial charge in [0.2, 0.25) is 5.91 Å². The van der Waals surface area contributed by atoms with Crippen LogP contribution in [0.5, 0.6) is 0 Å². The van der Waals surface area contributed by atoms with Crippen molar-refractivity contribution in [2.45, 2.75) is 19.8 Å². The van der Waals surface area contributed by atoms with Gasteiger partial charge >= 0.3 is 0 Å². The first-order valence-corrected chi connectivity index (χ1v) is 6.80. The second-order valence-corrected chi connectivity index (χ2v) is 5.14. The highest BCUT2D eigenvalue weighted by atomic mass is 19.1. The van der Waals surface area contributed by atoms with E-state index in [0.717, 1.165) is 5.56 Å². The van der Waals surface area contributed by atoms with Crippen molar-refractivity contribution < 1.29 is 14.0 Å². The molecule has 1 aliphatic heterocycles. The van der Waals surface area contributed by atoms with Gasteiger partial charge in [0.1, 0.15) is 5.82 Å². The van der Waals surface area contributed by atoms with Gasteiger partial charge in [-0.1, -0.05) is 6.07 Å². The highest BCUT2D eigenvalue weighted by Crippen LogP contribution is 2.20. The van der Waals surface area contributed by atoms with Crippen molar-refractivity contribution >= 4 is 11.8 Å². The quantitative estimate of drug-likeness (QED) is 0.895. The summed E-state index contributed by atoms with van der Waals surface area (Å²) in [5.74, 6) is -0.562. The van der Waals surface area contributed by atoms with Crippen molar-refractivity contribution in [3.63, 3.8) is 0 Å². The van der Waals surface area contributed by atoms with Crippen molar-refractivity contribution in [1.29, 1.82) is 0 Å². The number of benzene rings is 1. The third kappa shape index (κ3) is 2.98. The predicted molar refractivity (Wildman–Crippen MR) is 73.8 cm³/mol. The lowest BCUT2D eigenvalue weighted by atomic mass is 9.95. The normalized spacial score (nSPS) is 16.1. The molecule has 1 N–H and O–H groups in total. The first kappa shape index (κ1) is 14.5. The van der Waals surface area contributed by atoms with E-state index in [0.29, 0.717) is 31.5 Å². The molecule has 0 aromatic heterocycles. The van der Waals surface area contributed by atoms with Crippen molar-refractivity contribution in [2.24, 2.45) is 5.92 Å². The number of likely N-dealkylation sites (tertiary alicyclic amines) is 1. The van der Waals surface area contributed by atoms with Crippen molar-refractivity contribution in [3.8, 4) is 0 Å². The summed E-state index contributed by atoms with van der Waals surface area (Å²) in [4.78, 5) is 25.6. The molecule has 0 saturated carbocycles. The number of hydrogen-bond acceptors (Lipinski definition) is 2. The topological polar surface area (TPSA) is 49.4 Å². The second kappa shape index (κ2) is 6.03. The second-order valence-electron chi connectivity index (χ2n) is 5.14. The largest absolute Gasteiger partial charge is 0.359 e. The van der Waals surface area contributed by atoms with E-state index < -0.39 is 5.82 Å². The maximum absolute atomic E-state index is 13.3. The summed E-state index contributed by atoms with van der Waals surface area (Å²) in [6, 6.07) is 4.24. The highest BCUT2D eigenvalue weighted by molar-refractivity contribution is 5.95. The van der Waals surface area contributed by atoms with Crippen LogP contribution in [0.3, 0.4) is 0 Å². The molecule has 4 nitrogen and oxygen atoms in total. The summed E-state index contributed by atoms with van der Waals surface area (Å²) in [5, 5.41) is 2.64. The molecular weight excluding hydrogens is 259 g/mol. The van der Waals surface area contributed by atoms with Crippen LogP contribution in [0.25, 0.3) is 0 Å². The maximum Gasteiger partial charge on any atom is 0.254 e. The number of nitrogens with zero attached hydrogens (tertiary/aromatic N) is 1. The van der Waals surface area contributed by atoms with Gasteiger partial charge in [-0.2, -0.15) is 0 Å². The SMILES string of the molecule is CNC(=O)C1CCN(C(=O)c2cc(F)ccc2C)CC1. The summed E-state index contributed by atoms with van der Waals surface area (Å²) in [5.41, 5.74) is 1.17. The standard InChI is InChI=1S/C15H19FN2O2/c1-10-3-4-12(16)9-13(10)15(20)18-7-5-11(6-8-18)14(19)17-2/h3-4,9,11H,5-8H2,1-2H3,(H,17,19). The minimum absolute atomic E-state index is 0.0269. The van der Waals surface area contributed by atoms with Crippen LogP contribution < -0.4 is 5.32 Å². The molecule has 0 bridgehead atoms. The van der Waals surface area contributed by atoms with E-state index in [1.54, 1.807) is 24.9 Å². The zero-order valence-electron chi connectivity index (χ0n) is 11.8. The number of nitrogens with one attached hydrogen (secondary N) is 1. The van der Waals surface area contributed by atoms with Gasteiger partial charge in [-0.15, -0.1) is 0 Å². The number of carbonyl (C=O) groups is 2. The molecule has 1 aliphatic rings. The van der Waals surface area contributed by atoms with Gasteiger partial charge in [0.05, 0.1) is 0 Å². The molecule has 0 radical (unpaired) electrons. The van der Waals surface area contributed by atoms with Crippen molar-refractivity contribution in [2.75, 3.05) is 20.1 Å². The average molecular weight is 278 g/mol. The molecule has 1 aromatic rings. The van der Waals surface area contributed by atoms with E-state index in [4.69, 9.17) is 0 Å². The molecule has 2 rings (SSSR count). The Morgan fingerprint density at radius 1 is 1.30 bits per heavy atom. The number of piperidine rings is 1. The van der Waals surface area contributed by atoms with Crippen LogP contribution in [0.1, 0.15) is 28.8 Å². The first-order valence-electron chi connectivity index (χ1n) is 6.80. The molecule has 5 heteroatoms. The zero-order chi connectivity index (χ0) is 14.7. The number of halogens is 1. The molecule has 20 heavy (non-hydrogen) atoms. The zero-order valence-corrected chi connectivity index (χ0v) is 11.8. The van der Waals surface area contributed by atoms with Gasteiger partial charge in [-0.25, -0.2) is 4.39 Å². The lowest BCUT2D eigenvalue weighted by molar-refractivity contribution is -0.125. The minimum Gasteiger partial charge on any atom is -0.359 e. The van der Waals surface area contributed by atoms with Gasteiger partial charge in [-0.05, 0) is 37.5 Å². The van der Waals surface area contributed by atoms with Crippen LogP contribution in [0.4, 0.5) is 4.39 Å². The van der Waals surface area contributed by atoms with Crippen molar-refractivity contribution in [3.05, 3.63) is 35.1 Å². The van der Waals surface area contributed by atoms with Crippen molar-refractivity contribution in [1.82, 2.24) is 10.2 Å². The van der Waals surface area contributed by atoms with Crippen LogP contribution >= 0.6 is 0 Å². The lowest BCUT2D eigenvalue weighted by Crippen LogP contribution is -2.42. The van der Waals surface area contributed by atoms with Gasteiger partial charge in [-0.3, -0.25) is 9.59 Å². The molecule has 1 saturated heterocycles. The van der Waals surface area contributed by atoms with Gasteiger partial charge in [0.25, 0.3) is 5.91 Å². The van der Waals surface area contributed by atoms with Crippen LogP contribution in [-0.4, -0.2) is 36.9 Å². The predicted octanol–water partition coefficient (Wildman–Crippen LogP) is 1.73. The number of rotatable bonds is 2. The Kier molecular flexibility index (Phi) is 4.37. The smallest absolute Gasteiger partial charge is 0.254 e. The molecule has 0 atom stereocenters. The number of aryl methyl sites for hydroxylation is 1. The van der Waals surface area contributed by atoms with E-state index in [-0.39, 0.29) is 17.7 Å². The number of carbonyl (C=O) groups excluding carboxylic acids is 2. The fraction of sp³-hybridized carbons (Fsp3) is 0.467. The van der Waals surface area contributed by atoms with Gasteiger partial charge in [0.15, 0.2) is 0 Å². The van der Waals surface area contributed by atoms with E-state index in [1.807, 2.05) is 0 Å². The Labute approximate surface area is 118 Å². The molecule has 1 fully saturated rings. The molecule has 108 valence electrons. The van der Waals surface area contributed by atoms with Crippen LogP contribution in [0, 0.1) is 18.7 Å². The third-order valence-electron chi connectivity index (χ3n) is 3.83. The Morgan fingerprint density at radius 3 is 2.55 bits per heavy atom. The number of hydrogen-bond donors (Lipinski definition) is 1. The monoisotopic (exact) mass is 278 g/mol. The number of amides is 2. The Morgan fingerprint density at radius 2 is 1.95 bits per heavy atom. The van der Waals surface area contributed by atoms with Crippen LogP contribution in [0.2, 0.25) is 0 Å². The summed E-state index contributed by atoms with van der Waals surface area (Å²) in [6.07, 6.45) is 1.31. The van der Waals surface area contributed by atoms with Crippen LogP contribution in [0.15, 0.2) is 18.2 Å². The van der Waals surface area contributed by atoms with E-state index >= 15 is 0 Å². The molecule has 0 unspecified atom stereocenters. The molecular formula is C15H19FN2O2. The molecule has 1 aromatic carbocycles. The summed E-state index contributed by atoms with van der Waals surface area (Å²) in [6.45, 7) is 2.86. The van der Waals surface area contributed by atoms with E-state index in [9.17, 15) is 14.0 Å².